The Labute approximate surface area is 105 Å². The number of amidine groups is 1. The molecule has 0 saturated heterocycles. The number of amides is 1. The standard InChI is InChI=1S/C11H16N4OS/c1-2-4-15-10(16)7-17-9-6-14-5-3-8(9)11(12)13/h3,5-6H,2,4,7H2,1H3,(H3,12,13)(H,15,16). The first-order valence-electron chi connectivity index (χ1n) is 5.33. The number of rotatable bonds is 6. The third-order valence-corrected chi connectivity index (χ3v) is 3.05. The highest BCUT2D eigenvalue weighted by Gasteiger charge is 2.08. The van der Waals surface area contributed by atoms with Gasteiger partial charge in [0.25, 0.3) is 0 Å². The van der Waals surface area contributed by atoms with Gasteiger partial charge in [-0.25, -0.2) is 0 Å². The SMILES string of the molecule is CCCNC(=O)CSc1cnccc1C(=N)N. The van der Waals surface area contributed by atoms with Crippen molar-refractivity contribution in [2.75, 3.05) is 12.3 Å². The predicted molar refractivity (Wildman–Crippen MR) is 69.3 cm³/mol. The van der Waals surface area contributed by atoms with Crippen LogP contribution in [0.25, 0.3) is 0 Å². The molecule has 0 aliphatic carbocycles. The molecule has 0 aliphatic heterocycles. The summed E-state index contributed by atoms with van der Waals surface area (Å²) in [5.41, 5.74) is 6.06. The van der Waals surface area contributed by atoms with Gasteiger partial charge in [-0.2, -0.15) is 0 Å². The van der Waals surface area contributed by atoms with Gasteiger partial charge in [-0.1, -0.05) is 6.92 Å². The molecule has 1 rings (SSSR count). The zero-order chi connectivity index (χ0) is 12.7. The lowest BCUT2D eigenvalue weighted by Gasteiger charge is -2.07. The van der Waals surface area contributed by atoms with Crippen molar-refractivity contribution in [3.8, 4) is 0 Å². The summed E-state index contributed by atoms with van der Waals surface area (Å²) < 4.78 is 0. The number of pyridine rings is 1. The van der Waals surface area contributed by atoms with Gasteiger partial charge >= 0.3 is 0 Å². The van der Waals surface area contributed by atoms with Crippen molar-refractivity contribution in [3.05, 3.63) is 24.0 Å². The van der Waals surface area contributed by atoms with E-state index >= 15 is 0 Å². The van der Waals surface area contributed by atoms with Gasteiger partial charge in [-0.3, -0.25) is 15.2 Å². The number of carbonyl (C=O) groups excluding carboxylic acids is 1. The second-order valence-electron chi connectivity index (χ2n) is 3.42. The summed E-state index contributed by atoms with van der Waals surface area (Å²) in [7, 11) is 0. The van der Waals surface area contributed by atoms with Crippen molar-refractivity contribution >= 4 is 23.5 Å². The summed E-state index contributed by atoms with van der Waals surface area (Å²) in [5.74, 6) is 0.283. The minimum Gasteiger partial charge on any atom is -0.384 e. The van der Waals surface area contributed by atoms with Crippen molar-refractivity contribution < 1.29 is 4.79 Å². The third-order valence-electron chi connectivity index (χ3n) is 2.01. The van der Waals surface area contributed by atoms with E-state index < -0.39 is 0 Å². The molecule has 5 nitrogen and oxygen atoms in total. The van der Waals surface area contributed by atoms with Crippen LogP contribution >= 0.6 is 11.8 Å². The maximum absolute atomic E-state index is 11.4. The quantitative estimate of drug-likeness (QED) is 0.400. The lowest BCUT2D eigenvalue weighted by molar-refractivity contribution is -0.118. The Balaban J connectivity index is 2.57. The van der Waals surface area contributed by atoms with Gasteiger partial charge in [-0.15, -0.1) is 11.8 Å². The lowest BCUT2D eigenvalue weighted by Crippen LogP contribution is -2.25. The minimum atomic E-state index is -0.0183. The molecule has 0 bridgehead atoms. The molecule has 1 aromatic heterocycles. The molecule has 0 aliphatic rings. The highest BCUT2D eigenvalue weighted by atomic mass is 32.2. The van der Waals surface area contributed by atoms with Crippen LogP contribution in [0, 0.1) is 5.41 Å². The first kappa shape index (κ1) is 13.5. The number of hydrogen-bond donors (Lipinski definition) is 3. The zero-order valence-electron chi connectivity index (χ0n) is 9.69. The number of aromatic nitrogens is 1. The average molecular weight is 252 g/mol. The van der Waals surface area contributed by atoms with Crippen molar-refractivity contribution in [2.45, 2.75) is 18.2 Å². The minimum absolute atomic E-state index is 0.0103. The van der Waals surface area contributed by atoms with Crippen LogP contribution in [0.5, 0.6) is 0 Å². The van der Waals surface area contributed by atoms with E-state index in [0.29, 0.717) is 17.9 Å². The first-order chi connectivity index (χ1) is 8.15. The molecule has 1 heterocycles. The largest absolute Gasteiger partial charge is 0.384 e. The molecule has 0 unspecified atom stereocenters. The predicted octanol–water partition coefficient (Wildman–Crippen LogP) is 0.984. The highest BCUT2D eigenvalue weighted by molar-refractivity contribution is 8.00. The maximum Gasteiger partial charge on any atom is 0.230 e. The van der Waals surface area contributed by atoms with Crippen LogP contribution in [0.15, 0.2) is 23.4 Å². The molecule has 92 valence electrons. The zero-order valence-corrected chi connectivity index (χ0v) is 10.5. The van der Waals surface area contributed by atoms with Gasteiger partial charge in [-0.05, 0) is 12.5 Å². The lowest BCUT2D eigenvalue weighted by atomic mass is 10.2. The van der Waals surface area contributed by atoms with Crippen LogP contribution in [0.1, 0.15) is 18.9 Å². The molecule has 1 amide bonds. The summed E-state index contributed by atoms with van der Waals surface area (Å²) in [6, 6.07) is 1.68. The van der Waals surface area contributed by atoms with Crippen LogP contribution < -0.4 is 11.1 Å². The highest BCUT2D eigenvalue weighted by Crippen LogP contribution is 2.20. The molecule has 0 aromatic carbocycles. The van der Waals surface area contributed by atoms with E-state index in [2.05, 4.69) is 10.3 Å². The van der Waals surface area contributed by atoms with Crippen LogP contribution in [-0.2, 0) is 4.79 Å². The van der Waals surface area contributed by atoms with Gasteiger partial charge in [0, 0.05) is 29.4 Å². The molecule has 6 heteroatoms. The Kier molecular flexibility index (Phi) is 5.48. The Bertz CT molecular complexity index is 408. The topological polar surface area (TPSA) is 91.9 Å². The fourth-order valence-electron chi connectivity index (χ4n) is 1.18. The van der Waals surface area contributed by atoms with E-state index in [1.807, 2.05) is 6.92 Å². The van der Waals surface area contributed by atoms with E-state index in [4.69, 9.17) is 11.1 Å². The van der Waals surface area contributed by atoms with E-state index in [9.17, 15) is 4.79 Å². The van der Waals surface area contributed by atoms with Crippen LogP contribution in [0.3, 0.4) is 0 Å². The van der Waals surface area contributed by atoms with Crippen molar-refractivity contribution in [3.63, 3.8) is 0 Å². The van der Waals surface area contributed by atoms with Crippen LogP contribution in [0.4, 0.5) is 0 Å². The summed E-state index contributed by atoms with van der Waals surface area (Å²) in [6.45, 7) is 2.69. The van der Waals surface area contributed by atoms with Crippen LogP contribution in [-0.4, -0.2) is 29.0 Å². The van der Waals surface area contributed by atoms with Gasteiger partial charge in [0.1, 0.15) is 5.84 Å². The molecule has 0 saturated carbocycles. The monoisotopic (exact) mass is 252 g/mol. The number of thioether (sulfide) groups is 1. The summed E-state index contributed by atoms with van der Waals surface area (Å²) in [6.07, 6.45) is 4.12. The maximum atomic E-state index is 11.4. The average Bonchev–Trinajstić information content (AvgIpc) is 2.34. The first-order valence-corrected chi connectivity index (χ1v) is 6.31. The summed E-state index contributed by atoms with van der Waals surface area (Å²) in [4.78, 5) is 16.1. The second-order valence-corrected chi connectivity index (χ2v) is 4.44. The molecular weight excluding hydrogens is 236 g/mol. The Morgan fingerprint density at radius 1 is 1.65 bits per heavy atom. The Morgan fingerprint density at radius 2 is 2.41 bits per heavy atom. The summed E-state index contributed by atoms with van der Waals surface area (Å²) >= 11 is 1.34. The number of nitrogens with two attached hydrogens (primary N) is 1. The van der Waals surface area contributed by atoms with Gasteiger partial charge in [0.15, 0.2) is 0 Å². The smallest absolute Gasteiger partial charge is 0.230 e. The fourth-order valence-corrected chi connectivity index (χ4v) is 2.03. The molecule has 4 N–H and O–H groups in total. The number of carbonyl (C=O) groups is 1. The van der Waals surface area contributed by atoms with E-state index in [0.717, 1.165) is 11.3 Å². The normalized spacial score (nSPS) is 9.94. The number of nitrogens with zero attached hydrogens (tertiary/aromatic N) is 1. The Morgan fingerprint density at radius 3 is 3.06 bits per heavy atom. The van der Waals surface area contributed by atoms with E-state index in [1.165, 1.54) is 11.8 Å². The number of hydrogen-bond acceptors (Lipinski definition) is 4. The van der Waals surface area contributed by atoms with Gasteiger partial charge < -0.3 is 11.1 Å². The molecule has 1 aromatic rings. The van der Waals surface area contributed by atoms with Crippen molar-refractivity contribution in [2.24, 2.45) is 5.73 Å². The van der Waals surface area contributed by atoms with Gasteiger partial charge in [0.05, 0.1) is 5.75 Å². The fraction of sp³-hybridized carbons (Fsp3) is 0.364. The van der Waals surface area contributed by atoms with Crippen molar-refractivity contribution in [1.82, 2.24) is 10.3 Å². The Hall–Kier alpha value is -1.56. The third kappa shape index (κ3) is 4.44. The van der Waals surface area contributed by atoms with Crippen LogP contribution in [0.2, 0.25) is 0 Å². The molecule has 0 spiro atoms. The molecule has 0 radical (unpaired) electrons. The molecule has 0 fully saturated rings. The van der Waals surface area contributed by atoms with Gasteiger partial charge in [0.2, 0.25) is 5.91 Å². The molecule has 0 atom stereocenters. The molecular formula is C11H16N4OS. The molecule has 17 heavy (non-hydrogen) atoms. The van der Waals surface area contributed by atoms with Crippen molar-refractivity contribution in [1.29, 1.82) is 5.41 Å². The van der Waals surface area contributed by atoms with E-state index in [-0.39, 0.29) is 11.7 Å². The van der Waals surface area contributed by atoms with E-state index in [1.54, 1.807) is 18.5 Å². The number of nitrogen functional groups attached to an aromatic ring is 1. The number of nitrogens with one attached hydrogen (secondary N) is 2. The summed E-state index contributed by atoms with van der Waals surface area (Å²) in [5, 5.41) is 10.2. The second kappa shape index (κ2) is 6.90.